The average molecular weight is 345 g/mol. The quantitative estimate of drug-likeness (QED) is 0.741. The molecular weight excluding hydrogens is 322 g/mol. The fraction of sp³-hybridized carbons (Fsp3) is 0.412. The zero-order valence-electron chi connectivity index (χ0n) is 14.7. The van der Waals surface area contributed by atoms with E-state index >= 15 is 0 Å². The standard InChI is InChI=1S/C17H23N5O3/c1-10(2)22-9-7-13(21-22)17(25)19-12(4)11(3)16(24)20-15-14(23)6-5-8-18-15/h5-12,23H,1-4H3,(H,19,25)(H,18,20,24)/t11-,12+/m1/s1. The number of aromatic nitrogens is 3. The van der Waals surface area contributed by atoms with Crippen LogP contribution in [0, 0.1) is 5.92 Å². The molecule has 8 nitrogen and oxygen atoms in total. The van der Waals surface area contributed by atoms with Crippen LogP contribution in [-0.4, -0.2) is 37.7 Å². The maximum atomic E-state index is 12.3. The van der Waals surface area contributed by atoms with E-state index in [-0.39, 0.29) is 29.4 Å². The van der Waals surface area contributed by atoms with Gasteiger partial charge in [-0.05, 0) is 39.0 Å². The molecule has 0 saturated carbocycles. The van der Waals surface area contributed by atoms with Gasteiger partial charge in [0.2, 0.25) is 5.91 Å². The second-order valence-corrected chi connectivity index (χ2v) is 6.19. The lowest BCUT2D eigenvalue weighted by Gasteiger charge is -2.20. The van der Waals surface area contributed by atoms with Crippen LogP contribution in [0.5, 0.6) is 5.75 Å². The number of nitrogens with one attached hydrogen (secondary N) is 2. The first kappa shape index (κ1) is 18.4. The molecule has 0 spiro atoms. The molecule has 0 aliphatic carbocycles. The maximum Gasteiger partial charge on any atom is 0.272 e. The summed E-state index contributed by atoms with van der Waals surface area (Å²) in [5.41, 5.74) is 0.301. The number of aromatic hydroxyl groups is 1. The molecule has 2 aromatic heterocycles. The van der Waals surface area contributed by atoms with Crippen LogP contribution in [0.3, 0.4) is 0 Å². The van der Waals surface area contributed by atoms with Crippen molar-refractivity contribution in [1.82, 2.24) is 20.1 Å². The molecule has 2 aromatic rings. The lowest BCUT2D eigenvalue weighted by molar-refractivity contribution is -0.120. The van der Waals surface area contributed by atoms with Crippen molar-refractivity contribution >= 4 is 17.6 Å². The topological polar surface area (TPSA) is 109 Å². The van der Waals surface area contributed by atoms with Crippen molar-refractivity contribution in [3.8, 4) is 5.75 Å². The van der Waals surface area contributed by atoms with E-state index in [1.54, 1.807) is 36.9 Å². The molecule has 25 heavy (non-hydrogen) atoms. The molecule has 2 atom stereocenters. The summed E-state index contributed by atoms with van der Waals surface area (Å²) in [4.78, 5) is 28.4. The van der Waals surface area contributed by atoms with Gasteiger partial charge in [-0.1, -0.05) is 6.92 Å². The summed E-state index contributed by atoms with van der Waals surface area (Å²) < 4.78 is 1.69. The Hall–Kier alpha value is -2.90. The summed E-state index contributed by atoms with van der Waals surface area (Å²) in [7, 11) is 0. The lowest BCUT2D eigenvalue weighted by Crippen LogP contribution is -2.42. The van der Waals surface area contributed by atoms with Crippen LogP contribution in [0.1, 0.15) is 44.2 Å². The molecule has 0 fully saturated rings. The zero-order valence-corrected chi connectivity index (χ0v) is 14.7. The molecule has 134 valence electrons. The van der Waals surface area contributed by atoms with Crippen LogP contribution >= 0.6 is 0 Å². The Morgan fingerprint density at radius 3 is 2.52 bits per heavy atom. The van der Waals surface area contributed by atoms with E-state index in [0.29, 0.717) is 5.69 Å². The third-order valence-corrected chi connectivity index (χ3v) is 3.92. The molecule has 0 saturated heterocycles. The molecule has 2 heterocycles. The number of rotatable bonds is 6. The Bertz CT molecular complexity index is 756. The van der Waals surface area contributed by atoms with E-state index in [1.807, 2.05) is 13.8 Å². The summed E-state index contributed by atoms with van der Waals surface area (Å²) in [5.74, 6) is -1.24. The summed E-state index contributed by atoms with van der Waals surface area (Å²) in [5, 5.41) is 19.2. The average Bonchev–Trinajstić information content (AvgIpc) is 3.06. The van der Waals surface area contributed by atoms with Crippen LogP contribution in [-0.2, 0) is 4.79 Å². The summed E-state index contributed by atoms with van der Waals surface area (Å²) >= 11 is 0. The molecular formula is C17H23N5O3. The first-order chi connectivity index (χ1) is 11.8. The first-order valence-electron chi connectivity index (χ1n) is 8.10. The van der Waals surface area contributed by atoms with Crippen LogP contribution < -0.4 is 10.6 Å². The summed E-state index contributed by atoms with van der Waals surface area (Å²) in [6.45, 7) is 7.36. The molecule has 0 aromatic carbocycles. The van der Waals surface area contributed by atoms with E-state index in [2.05, 4.69) is 20.7 Å². The number of hydrogen-bond donors (Lipinski definition) is 3. The third kappa shape index (κ3) is 4.56. The molecule has 0 aliphatic rings. The Morgan fingerprint density at radius 1 is 1.20 bits per heavy atom. The number of pyridine rings is 1. The normalized spacial score (nSPS) is 13.3. The molecule has 8 heteroatoms. The van der Waals surface area contributed by atoms with Gasteiger partial charge in [0.25, 0.3) is 5.91 Å². The highest BCUT2D eigenvalue weighted by Gasteiger charge is 2.24. The van der Waals surface area contributed by atoms with Gasteiger partial charge in [-0.3, -0.25) is 14.3 Å². The minimum atomic E-state index is -0.530. The second-order valence-electron chi connectivity index (χ2n) is 6.19. The largest absolute Gasteiger partial charge is 0.504 e. The molecule has 2 rings (SSSR count). The van der Waals surface area contributed by atoms with E-state index in [1.165, 1.54) is 12.3 Å². The van der Waals surface area contributed by atoms with Crippen LogP contribution in [0.25, 0.3) is 0 Å². The molecule has 0 unspecified atom stereocenters. The van der Waals surface area contributed by atoms with Gasteiger partial charge in [0.15, 0.2) is 11.6 Å². The van der Waals surface area contributed by atoms with E-state index in [0.717, 1.165) is 0 Å². The highest BCUT2D eigenvalue weighted by Crippen LogP contribution is 2.19. The van der Waals surface area contributed by atoms with Gasteiger partial charge in [0.1, 0.15) is 5.69 Å². The van der Waals surface area contributed by atoms with E-state index in [9.17, 15) is 14.7 Å². The fourth-order valence-electron chi connectivity index (χ4n) is 2.10. The third-order valence-electron chi connectivity index (χ3n) is 3.92. The summed E-state index contributed by atoms with van der Waals surface area (Å²) in [6, 6.07) is 4.37. The van der Waals surface area contributed by atoms with Crippen molar-refractivity contribution in [2.24, 2.45) is 5.92 Å². The number of nitrogens with zero attached hydrogens (tertiary/aromatic N) is 3. The van der Waals surface area contributed by atoms with Crippen molar-refractivity contribution < 1.29 is 14.7 Å². The van der Waals surface area contributed by atoms with Crippen molar-refractivity contribution in [2.75, 3.05) is 5.32 Å². The summed E-state index contributed by atoms with van der Waals surface area (Å²) in [6.07, 6.45) is 3.21. The van der Waals surface area contributed by atoms with Crippen molar-refractivity contribution in [2.45, 2.75) is 39.8 Å². The van der Waals surface area contributed by atoms with Gasteiger partial charge in [-0.25, -0.2) is 4.98 Å². The van der Waals surface area contributed by atoms with Crippen LogP contribution in [0.2, 0.25) is 0 Å². The number of anilines is 1. The minimum Gasteiger partial charge on any atom is -0.504 e. The highest BCUT2D eigenvalue weighted by atomic mass is 16.3. The minimum absolute atomic E-state index is 0.0913. The van der Waals surface area contributed by atoms with Gasteiger partial charge >= 0.3 is 0 Å². The van der Waals surface area contributed by atoms with Gasteiger partial charge in [0, 0.05) is 24.5 Å². The van der Waals surface area contributed by atoms with Crippen molar-refractivity contribution in [3.05, 3.63) is 36.3 Å². The van der Waals surface area contributed by atoms with Crippen LogP contribution in [0.15, 0.2) is 30.6 Å². The Labute approximate surface area is 146 Å². The fourth-order valence-corrected chi connectivity index (χ4v) is 2.10. The van der Waals surface area contributed by atoms with E-state index < -0.39 is 12.0 Å². The van der Waals surface area contributed by atoms with Gasteiger partial charge < -0.3 is 15.7 Å². The molecule has 0 aliphatic heterocycles. The lowest BCUT2D eigenvalue weighted by atomic mass is 10.0. The smallest absolute Gasteiger partial charge is 0.272 e. The van der Waals surface area contributed by atoms with Gasteiger partial charge in [0.05, 0.1) is 5.92 Å². The highest BCUT2D eigenvalue weighted by molar-refractivity contribution is 5.95. The predicted octanol–water partition coefficient (Wildman–Crippen LogP) is 1.96. The number of hydrogen-bond acceptors (Lipinski definition) is 5. The van der Waals surface area contributed by atoms with E-state index in [4.69, 9.17) is 0 Å². The number of amides is 2. The maximum absolute atomic E-state index is 12.3. The Balaban J connectivity index is 1.96. The predicted molar refractivity (Wildman–Crippen MR) is 93.2 cm³/mol. The zero-order chi connectivity index (χ0) is 18.6. The molecule has 0 bridgehead atoms. The number of carbonyl (C=O) groups excluding carboxylic acids is 2. The SMILES string of the molecule is CC(C)n1ccc(C(=O)N[C@@H](C)[C@@H](C)C(=O)Nc2ncccc2O)n1. The Morgan fingerprint density at radius 2 is 1.92 bits per heavy atom. The van der Waals surface area contributed by atoms with Crippen molar-refractivity contribution in [3.63, 3.8) is 0 Å². The van der Waals surface area contributed by atoms with Crippen LogP contribution in [0.4, 0.5) is 5.82 Å². The first-order valence-corrected chi connectivity index (χ1v) is 8.10. The monoisotopic (exact) mass is 345 g/mol. The molecule has 0 radical (unpaired) electrons. The molecule has 2 amide bonds. The number of carbonyl (C=O) groups is 2. The van der Waals surface area contributed by atoms with Crippen molar-refractivity contribution in [1.29, 1.82) is 0 Å². The van der Waals surface area contributed by atoms with Gasteiger partial charge in [-0.15, -0.1) is 0 Å². The molecule has 3 N–H and O–H groups in total. The second kappa shape index (κ2) is 7.78. The van der Waals surface area contributed by atoms with Gasteiger partial charge in [-0.2, -0.15) is 5.10 Å². The Kier molecular flexibility index (Phi) is 5.74.